The van der Waals surface area contributed by atoms with Crippen molar-refractivity contribution in [2.45, 2.75) is 31.4 Å². The maximum absolute atomic E-state index is 5.77. The van der Waals surface area contributed by atoms with Gasteiger partial charge in [-0.05, 0) is 32.5 Å². The Morgan fingerprint density at radius 3 is 3.11 bits per heavy atom. The Morgan fingerprint density at radius 2 is 2.39 bits per heavy atom. The molecule has 4 nitrogen and oxygen atoms in total. The molecule has 0 bridgehead atoms. The fourth-order valence-electron chi connectivity index (χ4n) is 3.22. The lowest BCUT2D eigenvalue weighted by atomic mass is 9.90. The minimum Gasteiger partial charge on any atom is -0.387 e. The van der Waals surface area contributed by atoms with Crippen LogP contribution in [0.3, 0.4) is 0 Å². The molecule has 1 aromatic rings. The molecule has 2 aliphatic rings. The van der Waals surface area contributed by atoms with Crippen LogP contribution < -0.4 is 5.32 Å². The lowest BCUT2D eigenvalue weighted by Crippen LogP contribution is -2.36. The number of rotatable bonds is 2. The van der Waals surface area contributed by atoms with Gasteiger partial charge >= 0.3 is 0 Å². The van der Waals surface area contributed by atoms with E-state index in [-0.39, 0.29) is 0 Å². The van der Waals surface area contributed by atoms with E-state index in [1.54, 1.807) is 0 Å². The van der Waals surface area contributed by atoms with Crippen molar-refractivity contribution >= 4 is 5.69 Å². The molecule has 0 aliphatic carbocycles. The summed E-state index contributed by atoms with van der Waals surface area (Å²) in [4.78, 5) is 7.14. The van der Waals surface area contributed by atoms with E-state index in [4.69, 9.17) is 4.74 Å². The van der Waals surface area contributed by atoms with Crippen molar-refractivity contribution in [3.05, 3.63) is 23.5 Å². The van der Waals surface area contributed by atoms with E-state index >= 15 is 0 Å². The van der Waals surface area contributed by atoms with Crippen LogP contribution in [0.4, 0.5) is 5.69 Å². The van der Waals surface area contributed by atoms with Crippen molar-refractivity contribution in [1.82, 2.24) is 9.88 Å². The van der Waals surface area contributed by atoms with Crippen LogP contribution >= 0.6 is 0 Å². The first-order chi connectivity index (χ1) is 8.79. The van der Waals surface area contributed by atoms with E-state index in [1.807, 2.05) is 13.2 Å². The second-order valence-electron chi connectivity index (χ2n) is 5.33. The summed E-state index contributed by atoms with van der Waals surface area (Å²) >= 11 is 0. The van der Waals surface area contributed by atoms with Gasteiger partial charge < -0.3 is 15.0 Å². The molecule has 98 valence electrons. The van der Waals surface area contributed by atoms with E-state index in [1.165, 1.54) is 30.6 Å². The Kier molecular flexibility index (Phi) is 3.22. The van der Waals surface area contributed by atoms with Gasteiger partial charge in [-0.2, -0.15) is 0 Å². The zero-order valence-electron chi connectivity index (χ0n) is 11.1. The van der Waals surface area contributed by atoms with Gasteiger partial charge in [0.05, 0.1) is 30.8 Å². The average Bonchev–Trinajstić information content (AvgIpc) is 2.83. The third-order valence-electron chi connectivity index (χ3n) is 4.24. The quantitative estimate of drug-likeness (QED) is 0.865. The Morgan fingerprint density at radius 1 is 1.50 bits per heavy atom. The van der Waals surface area contributed by atoms with Gasteiger partial charge in [0.15, 0.2) is 0 Å². The van der Waals surface area contributed by atoms with Crippen molar-refractivity contribution in [2.24, 2.45) is 0 Å². The van der Waals surface area contributed by atoms with Crippen LogP contribution in [0.15, 0.2) is 12.3 Å². The second kappa shape index (κ2) is 4.86. The van der Waals surface area contributed by atoms with Crippen LogP contribution in [-0.2, 0) is 11.3 Å². The van der Waals surface area contributed by atoms with Crippen LogP contribution in [-0.4, -0.2) is 43.2 Å². The summed E-state index contributed by atoms with van der Waals surface area (Å²) in [6, 6.07) is 2.76. The standard InChI is InChI=1S/C14H21N3O/c1-15-11-6-10-8-18-9-12(14(10)16-7-11)13-4-3-5-17(13)2/h6-7,12-13,15H,3-5,8-9H2,1-2H3. The molecule has 0 spiro atoms. The molecule has 3 rings (SSSR count). The normalized spacial score (nSPS) is 28.1. The fraction of sp³-hybridized carbons (Fsp3) is 0.643. The lowest BCUT2D eigenvalue weighted by Gasteiger charge is -2.33. The summed E-state index contributed by atoms with van der Waals surface area (Å²) < 4.78 is 5.77. The Balaban J connectivity index is 1.91. The highest BCUT2D eigenvalue weighted by atomic mass is 16.5. The van der Waals surface area contributed by atoms with Crippen molar-refractivity contribution < 1.29 is 4.74 Å². The number of nitrogens with one attached hydrogen (secondary N) is 1. The number of likely N-dealkylation sites (tertiary alicyclic amines) is 1. The summed E-state index contributed by atoms with van der Waals surface area (Å²) in [5.74, 6) is 0.437. The van der Waals surface area contributed by atoms with Crippen molar-refractivity contribution in [3.63, 3.8) is 0 Å². The number of hydrogen-bond acceptors (Lipinski definition) is 4. The summed E-state index contributed by atoms with van der Waals surface area (Å²) in [7, 11) is 4.14. The lowest BCUT2D eigenvalue weighted by molar-refractivity contribution is 0.0662. The second-order valence-corrected chi connectivity index (χ2v) is 5.33. The van der Waals surface area contributed by atoms with Crippen LogP contribution in [0, 0.1) is 0 Å². The molecular weight excluding hydrogens is 226 g/mol. The summed E-state index contributed by atoms with van der Waals surface area (Å²) in [5, 5.41) is 3.14. The maximum Gasteiger partial charge on any atom is 0.0735 e. The maximum atomic E-state index is 5.77. The minimum atomic E-state index is 0.437. The predicted octanol–water partition coefficient (Wildman–Crippen LogP) is 1.83. The first-order valence-corrected chi connectivity index (χ1v) is 6.74. The van der Waals surface area contributed by atoms with E-state index < -0.39 is 0 Å². The fourth-order valence-corrected chi connectivity index (χ4v) is 3.22. The van der Waals surface area contributed by atoms with E-state index in [0.29, 0.717) is 18.6 Å². The molecule has 2 aliphatic heterocycles. The summed E-state index contributed by atoms with van der Waals surface area (Å²) in [5.41, 5.74) is 3.56. The molecule has 0 amide bonds. The molecule has 1 fully saturated rings. The first-order valence-electron chi connectivity index (χ1n) is 6.74. The van der Waals surface area contributed by atoms with E-state index in [0.717, 1.165) is 12.3 Å². The Hall–Kier alpha value is -1.13. The van der Waals surface area contributed by atoms with Crippen LogP contribution in [0.2, 0.25) is 0 Å². The zero-order chi connectivity index (χ0) is 12.5. The van der Waals surface area contributed by atoms with Gasteiger partial charge in [0.25, 0.3) is 0 Å². The predicted molar refractivity (Wildman–Crippen MR) is 71.8 cm³/mol. The molecule has 0 saturated carbocycles. The van der Waals surface area contributed by atoms with Crippen LogP contribution in [0.5, 0.6) is 0 Å². The Bertz CT molecular complexity index is 435. The van der Waals surface area contributed by atoms with Gasteiger partial charge in [0.1, 0.15) is 0 Å². The molecular formula is C14H21N3O. The number of likely N-dealkylation sites (N-methyl/N-ethyl adjacent to an activating group) is 1. The topological polar surface area (TPSA) is 37.4 Å². The Labute approximate surface area is 108 Å². The van der Waals surface area contributed by atoms with Gasteiger partial charge in [-0.25, -0.2) is 0 Å². The molecule has 2 unspecified atom stereocenters. The molecule has 1 aromatic heterocycles. The first kappa shape index (κ1) is 11.9. The summed E-state index contributed by atoms with van der Waals surface area (Å²) in [6.07, 6.45) is 4.49. The molecule has 1 N–H and O–H groups in total. The van der Waals surface area contributed by atoms with Crippen molar-refractivity contribution in [3.8, 4) is 0 Å². The molecule has 0 radical (unpaired) electrons. The highest BCUT2D eigenvalue weighted by Crippen LogP contribution is 2.35. The third kappa shape index (κ3) is 1.99. The minimum absolute atomic E-state index is 0.437. The molecule has 4 heteroatoms. The monoisotopic (exact) mass is 247 g/mol. The molecule has 2 atom stereocenters. The number of anilines is 1. The highest BCUT2D eigenvalue weighted by molar-refractivity contribution is 5.45. The summed E-state index contributed by atoms with van der Waals surface area (Å²) in [6.45, 7) is 2.71. The van der Waals surface area contributed by atoms with Gasteiger partial charge in [-0.15, -0.1) is 0 Å². The zero-order valence-corrected chi connectivity index (χ0v) is 11.1. The SMILES string of the molecule is CNc1cnc2c(c1)COCC2C1CCCN1C. The van der Waals surface area contributed by atoms with E-state index in [2.05, 4.69) is 28.3 Å². The van der Waals surface area contributed by atoms with Gasteiger partial charge in [0.2, 0.25) is 0 Å². The number of nitrogens with zero attached hydrogens (tertiary/aromatic N) is 2. The van der Waals surface area contributed by atoms with Gasteiger partial charge in [-0.3, -0.25) is 4.98 Å². The molecule has 3 heterocycles. The highest BCUT2D eigenvalue weighted by Gasteiger charge is 2.34. The van der Waals surface area contributed by atoms with E-state index in [9.17, 15) is 0 Å². The van der Waals surface area contributed by atoms with Gasteiger partial charge in [-0.1, -0.05) is 0 Å². The van der Waals surface area contributed by atoms with Crippen LogP contribution in [0.25, 0.3) is 0 Å². The van der Waals surface area contributed by atoms with Crippen molar-refractivity contribution in [1.29, 1.82) is 0 Å². The van der Waals surface area contributed by atoms with Crippen LogP contribution in [0.1, 0.15) is 30.0 Å². The number of hydrogen-bond donors (Lipinski definition) is 1. The largest absolute Gasteiger partial charge is 0.387 e. The molecule has 0 aromatic carbocycles. The molecule has 1 saturated heterocycles. The number of fused-ring (bicyclic) bond motifs is 1. The average molecular weight is 247 g/mol. The number of pyridine rings is 1. The van der Waals surface area contributed by atoms with Gasteiger partial charge in [0, 0.05) is 24.6 Å². The number of aromatic nitrogens is 1. The number of ether oxygens (including phenoxy) is 1. The molecule has 18 heavy (non-hydrogen) atoms. The smallest absolute Gasteiger partial charge is 0.0735 e. The third-order valence-corrected chi connectivity index (χ3v) is 4.24. The van der Waals surface area contributed by atoms with Crippen molar-refractivity contribution in [2.75, 3.05) is 32.6 Å².